The minimum atomic E-state index is -5.30. The molecule has 0 saturated carbocycles. The Morgan fingerprint density at radius 3 is 2.16 bits per heavy atom. The Bertz CT molecular complexity index is 960. The average molecular weight is 438 g/mol. The number of nitrogens with one attached hydrogen (secondary N) is 2. The summed E-state index contributed by atoms with van der Waals surface area (Å²) in [5.74, 6) is -2.93. The van der Waals surface area contributed by atoms with Crippen LogP contribution in [0.3, 0.4) is 0 Å². The molecule has 7 nitrogen and oxygen atoms in total. The van der Waals surface area contributed by atoms with Crippen molar-refractivity contribution in [1.29, 1.82) is 0 Å². The fourth-order valence-corrected chi connectivity index (χ4v) is 2.65. The Labute approximate surface area is 176 Å². The third kappa shape index (κ3) is 5.33. The summed E-state index contributed by atoms with van der Waals surface area (Å²) in [6.45, 7) is 2.22. The van der Waals surface area contributed by atoms with Crippen molar-refractivity contribution in [3.8, 4) is 5.75 Å². The Kier molecular flexibility index (Phi) is 7.27. The summed E-state index contributed by atoms with van der Waals surface area (Å²) in [4.78, 5) is 36.7. The maximum Gasteiger partial charge on any atom is 0.441 e. The van der Waals surface area contributed by atoms with Gasteiger partial charge in [0.05, 0.1) is 13.7 Å². The molecule has 1 atom stereocenters. The van der Waals surface area contributed by atoms with E-state index in [0.717, 1.165) is 6.07 Å². The van der Waals surface area contributed by atoms with Gasteiger partial charge in [0.1, 0.15) is 5.75 Å². The Hall–Kier alpha value is -3.56. The fraction of sp³-hybridized carbons (Fsp3) is 0.286. The molecule has 0 spiro atoms. The number of hydrogen-bond acceptors (Lipinski definition) is 6. The van der Waals surface area contributed by atoms with Crippen LogP contribution in [-0.2, 0) is 9.53 Å². The van der Waals surface area contributed by atoms with Crippen LogP contribution >= 0.6 is 0 Å². The van der Waals surface area contributed by atoms with E-state index < -0.39 is 23.7 Å². The fourth-order valence-electron chi connectivity index (χ4n) is 2.65. The van der Waals surface area contributed by atoms with E-state index in [4.69, 9.17) is 4.74 Å². The van der Waals surface area contributed by atoms with Crippen LogP contribution in [-0.4, -0.2) is 43.2 Å². The van der Waals surface area contributed by atoms with E-state index >= 15 is 0 Å². The lowest BCUT2D eigenvalue weighted by molar-refractivity contribution is -0.204. The van der Waals surface area contributed by atoms with Gasteiger partial charge in [0.25, 0.3) is 5.91 Å². The second kappa shape index (κ2) is 9.50. The first-order chi connectivity index (χ1) is 14.5. The van der Waals surface area contributed by atoms with Crippen molar-refractivity contribution in [2.45, 2.75) is 25.7 Å². The number of Topliss-reactive ketones (excluding diaryl/α,β-unsaturated/α-hetero) is 1. The van der Waals surface area contributed by atoms with Gasteiger partial charge in [0.15, 0.2) is 5.78 Å². The minimum absolute atomic E-state index is 0.117. The summed E-state index contributed by atoms with van der Waals surface area (Å²) in [7, 11) is 1.39. The molecule has 166 valence electrons. The van der Waals surface area contributed by atoms with E-state index in [1.54, 1.807) is 5.32 Å². The summed E-state index contributed by atoms with van der Waals surface area (Å²) in [5, 5.41) is 3.76. The van der Waals surface area contributed by atoms with Crippen molar-refractivity contribution in [2.75, 3.05) is 19.0 Å². The van der Waals surface area contributed by atoms with Crippen LogP contribution in [0.5, 0.6) is 5.75 Å². The van der Waals surface area contributed by atoms with Crippen LogP contribution in [0.2, 0.25) is 0 Å². The van der Waals surface area contributed by atoms with E-state index in [1.807, 2.05) is 5.32 Å². The first kappa shape index (κ1) is 23.7. The summed E-state index contributed by atoms with van der Waals surface area (Å²) < 4.78 is 52.3. The molecule has 0 aliphatic rings. The molecule has 0 fully saturated rings. The van der Waals surface area contributed by atoms with Crippen LogP contribution in [0.4, 0.5) is 18.9 Å². The zero-order chi connectivity index (χ0) is 23.2. The monoisotopic (exact) mass is 438 g/mol. The predicted octanol–water partition coefficient (Wildman–Crippen LogP) is 3.56. The van der Waals surface area contributed by atoms with Gasteiger partial charge in [-0.1, -0.05) is 12.1 Å². The van der Waals surface area contributed by atoms with Crippen LogP contribution < -0.4 is 15.4 Å². The second-order valence-corrected chi connectivity index (χ2v) is 6.41. The van der Waals surface area contributed by atoms with E-state index in [9.17, 15) is 27.6 Å². The highest BCUT2D eigenvalue weighted by Crippen LogP contribution is 2.34. The van der Waals surface area contributed by atoms with E-state index in [0.29, 0.717) is 5.75 Å². The van der Waals surface area contributed by atoms with Gasteiger partial charge in [-0.15, -0.1) is 0 Å². The number of carbonyl (C=O) groups excluding carboxylic acids is 3. The van der Waals surface area contributed by atoms with Crippen LogP contribution in [0, 0.1) is 0 Å². The number of carbonyl (C=O) groups is 3. The highest BCUT2D eigenvalue weighted by Gasteiger charge is 2.63. The standard InChI is InChI=1S/C21H21F3N2O5/c1-4-31-19(29)20(21(22,23)24,25-16-7-5-6-15(12-16)13(2)27)26-18(28)14-8-10-17(30-3)11-9-14/h5-12,25H,4H2,1-3H3,(H,26,28)/t20-/m1/s1. The Morgan fingerprint density at radius 2 is 1.65 bits per heavy atom. The van der Waals surface area contributed by atoms with E-state index in [1.165, 1.54) is 63.4 Å². The third-order valence-electron chi connectivity index (χ3n) is 4.26. The predicted molar refractivity (Wildman–Crippen MR) is 106 cm³/mol. The maximum atomic E-state index is 14.2. The van der Waals surface area contributed by atoms with Gasteiger partial charge in [0.2, 0.25) is 0 Å². The normalized spacial score (nSPS) is 13.0. The smallest absolute Gasteiger partial charge is 0.441 e. The molecule has 0 radical (unpaired) electrons. The summed E-state index contributed by atoms with van der Waals surface area (Å²) in [6.07, 6.45) is -5.30. The Morgan fingerprint density at radius 1 is 1.00 bits per heavy atom. The molecule has 0 bridgehead atoms. The molecule has 31 heavy (non-hydrogen) atoms. The first-order valence-corrected chi connectivity index (χ1v) is 9.13. The number of hydrogen-bond donors (Lipinski definition) is 2. The quantitative estimate of drug-likeness (QED) is 0.372. The van der Waals surface area contributed by atoms with E-state index in [-0.39, 0.29) is 29.2 Å². The minimum Gasteiger partial charge on any atom is -0.497 e. The molecule has 1 amide bonds. The van der Waals surface area contributed by atoms with Crippen molar-refractivity contribution in [3.63, 3.8) is 0 Å². The largest absolute Gasteiger partial charge is 0.497 e. The molecule has 2 N–H and O–H groups in total. The van der Waals surface area contributed by atoms with Crippen LogP contribution in [0.25, 0.3) is 0 Å². The molecule has 0 aliphatic heterocycles. The number of esters is 1. The van der Waals surface area contributed by atoms with Gasteiger partial charge in [-0.2, -0.15) is 13.2 Å². The molecule has 2 aromatic carbocycles. The van der Waals surface area contributed by atoms with Crippen LogP contribution in [0.1, 0.15) is 34.6 Å². The lowest BCUT2D eigenvalue weighted by Crippen LogP contribution is -2.69. The SMILES string of the molecule is CCOC(=O)[C@](NC(=O)c1ccc(OC)cc1)(Nc1cccc(C(C)=O)c1)C(F)(F)F. The number of alkyl halides is 3. The topological polar surface area (TPSA) is 93.7 Å². The molecule has 0 unspecified atom stereocenters. The number of benzene rings is 2. The van der Waals surface area contributed by atoms with E-state index in [2.05, 4.69) is 4.74 Å². The van der Waals surface area contributed by atoms with Gasteiger partial charge >= 0.3 is 17.8 Å². The molecule has 2 rings (SSSR count). The average Bonchev–Trinajstić information content (AvgIpc) is 2.72. The lowest BCUT2D eigenvalue weighted by atomic mass is 10.1. The molecule has 0 heterocycles. The molecule has 0 aliphatic carbocycles. The Balaban J connectivity index is 2.52. The number of ketones is 1. The van der Waals surface area contributed by atoms with Gasteiger partial charge in [-0.25, -0.2) is 4.79 Å². The van der Waals surface area contributed by atoms with Gasteiger partial charge in [-0.05, 0) is 50.2 Å². The maximum absolute atomic E-state index is 14.2. The zero-order valence-electron chi connectivity index (χ0n) is 17.0. The number of anilines is 1. The highest BCUT2D eigenvalue weighted by atomic mass is 19.4. The zero-order valence-corrected chi connectivity index (χ0v) is 17.0. The molecule has 10 heteroatoms. The van der Waals surface area contributed by atoms with Crippen molar-refractivity contribution >= 4 is 23.3 Å². The van der Waals surface area contributed by atoms with Crippen molar-refractivity contribution in [3.05, 3.63) is 59.7 Å². The molecule has 2 aromatic rings. The van der Waals surface area contributed by atoms with Crippen molar-refractivity contribution in [2.24, 2.45) is 0 Å². The number of methoxy groups -OCH3 is 1. The van der Waals surface area contributed by atoms with Gasteiger partial charge in [0, 0.05) is 16.8 Å². The molecule has 0 aromatic heterocycles. The molecular weight excluding hydrogens is 417 g/mol. The molecular formula is C21H21F3N2O5. The lowest BCUT2D eigenvalue weighted by Gasteiger charge is -2.35. The molecule has 0 saturated heterocycles. The second-order valence-electron chi connectivity index (χ2n) is 6.41. The number of rotatable bonds is 8. The first-order valence-electron chi connectivity index (χ1n) is 9.13. The van der Waals surface area contributed by atoms with Crippen molar-refractivity contribution < 1.29 is 37.0 Å². The summed E-state index contributed by atoms with van der Waals surface area (Å²) in [6, 6.07) is 10.4. The van der Waals surface area contributed by atoms with Crippen molar-refractivity contribution in [1.82, 2.24) is 5.32 Å². The number of ether oxygens (including phenoxy) is 2. The summed E-state index contributed by atoms with van der Waals surface area (Å²) in [5.41, 5.74) is -3.84. The number of amides is 1. The number of halogens is 3. The highest BCUT2D eigenvalue weighted by molar-refractivity contribution is 6.00. The van der Waals surface area contributed by atoms with Crippen LogP contribution in [0.15, 0.2) is 48.5 Å². The third-order valence-corrected chi connectivity index (χ3v) is 4.26. The summed E-state index contributed by atoms with van der Waals surface area (Å²) >= 11 is 0. The van der Waals surface area contributed by atoms with Gasteiger partial charge in [-0.3, -0.25) is 9.59 Å². The van der Waals surface area contributed by atoms with Gasteiger partial charge < -0.3 is 20.1 Å².